The van der Waals surface area contributed by atoms with Gasteiger partial charge in [0, 0.05) is 11.9 Å². The summed E-state index contributed by atoms with van der Waals surface area (Å²) in [5, 5.41) is 2.46. The highest BCUT2D eigenvalue weighted by Crippen LogP contribution is 2.36. The predicted molar refractivity (Wildman–Crippen MR) is 38.3 cm³/mol. The van der Waals surface area contributed by atoms with Gasteiger partial charge in [-0.2, -0.15) is 0 Å². The Labute approximate surface area is 55.3 Å². The van der Waals surface area contributed by atoms with Gasteiger partial charge < -0.3 is 4.89 Å². The Morgan fingerprint density at radius 3 is 2.33 bits per heavy atom. The molecule has 1 atom stereocenters. The molecule has 0 saturated carbocycles. The Morgan fingerprint density at radius 1 is 1.78 bits per heavy atom. The molecule has 0 aliphatic carbocycles. The molecule has 0 aromatic carbocycles. The van der Waals surface area contributed by atoms with Crippen molar-refractivity contribution in [3.05, 3.63) is 12.4 Å². The van der Waals surface area contributed by atoms with E-state index in [1.165, 1.54) is 0 Å². The first-order chi connectivity index (χ1) is 3.98. The van der Waals surface area contributed by atoms with Crippen LogP contribution in [-0.2, 0) is 4.57 Å². The fraction of sp³-hybridized carbons (Fsp3) is 0.600. The van der Waals surface area contributed by atoms with Crippen LogP contribution in [0, 0.1) is 0 Å². The lowest BCUT2D eigenvalue weighted by Crippen LogP contribution is -2.17. The molecule has 0 aromatic heterocycles. The minimum atomic E-state index is -3.22. The molecule has 4 heteroatoms. The monoisotopic (exact) mass is 149 g/mol. The summed E-state index contributed by atoms with van der Waals surface area (Å²) in [5.74, 6) is 1.03. The minimum Gasteiger partial charge on any atom is -0.330 e. The van der Waals surface area contributed by atoms with E-state index in [1.807, 2.05) is 0 Å². The molecule has 9 heavy (non-hydrogen) atoms. The lowest BCUT2D eigenvalue weighted by atomic mass is 10.4. The van der Waals surface area contributed by atoms with Crippen LogP contribution in [0.2, 0.25) is 0 Å². The van der Waals surface area contributed by atoms with Gasteiger partial charge in [0.05, 0.1) is 0 Å². The van der Waals surface area contributed by atoms with Crippen molar-refractivity contribution in [3.63, 3.8) is 0 Å². The third-order valence-corrected chi connectivity index (χ3v) is 2.07. The Kier molecular flexibility index (Phi) is 3.12. The maximum absolute atomic E-state index is 10.7. The Balaban J connectivity index is 3.88. The van der Waals surface area contributed by atoms with Gasteiger partial charge in [-0.3, -0.25) is 4.57 Å². The molecule has 1 unspecified atom stereocenters. The van der Waals surface area contributed by atoms with Gasteiger partial charge in [0.15, 0.2) is 0 Å². The molecular weight excluding hydrogens is 137 g/mol. The lowest BCUT2D eigenvalue weighted by molar-refractivity contribution is 0.466. The number of nitrogens with one attached hydrogen (secondary N) is 1. The summed E-state index contributed by atoms with van der Waals surface area (Å²) in [6, 6.07) is 0.0128. The fourth-order valence-corrected chi connectivity index (χ4v) is 1.27. The van der Waals surface area contributed by atoms with Crippen LogP contribution in [0.1, 0.15) is 13.8 Å². The van der Waals surface area contributed by atoms with Crippen LogP contribution < -0.4 is 5.09 Å². The van der Waals surface area contributed by atoms with Crippen LogP contribution in [0.4, 0.5) is 0 Å². The summed E-state index contributed by atoms with van der Waals surface area (Å²) < 4.78 is 10.7. The minimum absolute atomic E-state index is 0.0128. The first-order valence-corrected chi connectivity index (χ1v) is 4.44. The molecule has 0 aliphatic rings. The molecule has 0 radical (unpaired) electrons. The molecule has 0 amide bonds. The summed E-state index contributed by atoms with van der Waals surface area (Å²) >= 11 is 0. The second kappa shape index (κ2) is 3.16. The van der Waals surface area contributed by atoms with Gasteiger partial charge >= 0.3 is 0 Å². The Morgan fingerprint density at radius 2 is 2.22 bits per heavy atom. The number of hydrogen-bond acceptors (Lipinski definition) is 1. The zero-order valence-electron chi connectivity index (χ0n) is 5.66. The van der Waals surface area contributed by atoms with Crippen molar-refractivity contribution >= 4 is 7.52 Å². The highest BCUT2D eigenvalue weighted by Gasteiger charge is 2.11. The van der Waals surface area contributed by atoms with Crippen molar-refractivity contribution in [2.75, 3.05) is 0 Å². The molecule has 0 fully saturated rings. The lowest BCUT2D eigenvalue weighted by Gasteiger charge is -2.10. The molecule has 0 bridgehead atoms. The van der Waals surface area contributed by atoms with E-state index in [0.717, 1.165) is 5.82 Å². The second-order valence-electron chi connectivity index (χ2n) is 2.09. The highest BCUT2D eigenvalue weighted by molar-refractivity contribution is 7.59. The Bertz CT molecular complexity index is 144. The average Bonchev–Trinajstić information content (AvgIpc) is 1.63. The largest absolute Gasteiger partial charge is 0.330 e. The highest BCUT2D eigenvalue weighted by atomic mass is 31.2. The van der Waals surface area contributed by atoms with E-state index in [2.05, 4.69) is 11.7 Å². The topological polar surface area (TPSA) is 49.3 Å². The van der Waals surface area contributed by atoms with Crippen molar-refractivity contribution in [3.8, 4) is 0 Å². The molecule has 2 N–H and O–H groups in total. The maximum Gasteiger partial charge on any atom is 0.289 e. The molecule has 54 valence electrons. The zero-order valence-corrected chi connectivity index (χ0v) is 6.56. The van der Waals surface area contributed by atoms with Crippen LogP contribution >= 0.6 is 7.52 Å². The van der Waals surface area contributed by atoms with Gasteiger partial charge in [0.25, 0.3) is 7.52 Å². The van der Waals surface area contributed by atoms with Crippen molar-refractivity contribution in [2.24, 2.45) is 0 Å². The maximum atomic E-state index is 10.7. The fourth-order valence-electron chi connectivity index (χ4n) is 0.423. The summed E-state index contributed by atoms with van der Waals surface area (Å²) in [4.78, 5) is 8.82. The van der Waals surface area contributed by atoms with Crippen LogP contribution in [0.5, 0.6) is 0 Å². The van der Waals surface area contributed by atoms with Gasteiger partial charge in [-0.1, -0.05) is 6.58 Å². The number of hydrogen-bond donors (Lipinski definition) is 2. The van der Waals surface area contributed by atoms with E-state index < -0.39 is 7.52 Å². The van der Waals surface area contributed by atoms with Gasteiger partial charge in [0.1, 0.15) is 0 Å². The van der Waals surface area contributed by atoms with Gasteiger partial charge in [-0.15, -0.1) is 0 Å². The van der Waals surface area contributed by atoms with E-state index in [4.69, 9.17) is 4.89 Å². The van der Waals surface area contributed by atoms with Crippen molar-refractivity contribution < 1.29 is 9.46 Å². The third kappa shape index (κ3) is 4.40. The van der Waals surface area contributed by atoms with Crippen LogP contribution in [0.15, 0.2) is 12.4 Å². The van der Waals surface area contributed by atoms with E-state index >= 15 is 0 Å². The summed E-state index contributed by atoms with van der Waals surface area (Å²) in [7, 11) is -3.22. The first-order valence-electron chi connectivity index (χ1n) is 2.72. The van der Waals surface area contributed by atoms with Crippen LogP contribution in [0.3, 0.4) is 0 Å². The quantitative estimate of drug-likeness (QED) is 0.595. The molecule has 0 saturated heterocycles. The van der Waals surface area contributed by atoms with Crippen molar-refractivity contribution in [2.45, 2.75) is 19.9 Å². The molecule has 0 aromatic rings. The second-order valence-corrected chi connectivity index (χ2v) is 3.96. The summed E-state index contributed by atoms with van der Waals surface area (Å²) in [6.45, 7) is 6.81. The standard InChI is InChI=1S/C5H12NO2P/c1-4-9(7,8)6-5(2)3/h4-5H,1H2,2-3H3,(H2,6,7,8). The SMILES string of the molecule is C=CP(=O)(O)NC(C)C. The van der Waals surface area contributed by atoms with Gasteiger partial charge in [-0.25, -0.2) is 5.09 Å². The van der Waals surface area contributed by atoms with E-state index in [0.29, 0.717) is 0 Å². The van der Waals surface area contributed by atoms with Crippen LogP contribution in [0.25, 0.3) is 0 Å². The summed E-state index contributed by atoms with van der Waals surface area (Å²) in [5.41, 5.74) is 0. The van der Waals surface area contributed by atoms with E-state index in [9.17, 15) is 4.57 Å². The predicted octanol–water partition coefficient (Wildman–Crippen LogP) is 1.31. The Hall–Kier alpha value is -0.110. The molecule has 0 aliphatic heterocycles. The van der Waals surface area contributed by atoms with E-state index in [-0.39, 0.29) is 6.04 Å². The molecule has 0 spiro atoms. The van der Waals surface area contributed by atoms with Crippen molar-refractivity contribution in [1.29, 1.82) is 0 Å². The van der Waals surface area contributed by atoms with Crippen LogP contribution in [-0.4, -0.2) is 10.9 Å². The van der Waals surface area contributed by atoms with E-state index in [1.54, 1.807) is 13.8 Å². The molecular formula is C5H12NO2P. The smallest absolute Gasteiger partial charge is 0.289 e. The first kappa shape index (κ1) is 8.89. The molecule has 0 heterocycles. The average molecular weight is 149 g/mol. The van der Waals surface area contributed by atoms with Gasteiger partial charge in [0.2, 0.25) is 0 Å². The molecule has 3 nitrogen and oxygen atoms in total. The zero-order chi connectivity index (χ0) is 7.49. The van der Waals surface area contributed by atoms with Gasteiger partial charge in [-0.05, 0) is 13.8 Å². The van der Waals surface area contributed by atoms with Crippen molar-refractivity contribution in [1.82, 2.24) is 5.09 Å². The normalized spacial score (nSPS) is 17.3. The number of rotatable bonds is 3. The molecule has 0 rings (SSSR count). The summed E-state index contributed by atoms with van der Waals surface area (Å²) in [6.07, 6.45) is 0. The third-order valence-electron chi connectivity index (χ3n) is 0.691.